The molecular weight excluding hydrogens is 380 g/mol. The van der Waals surface area contributed by atoms with Crippen molar-refractivity contribution in [3.63, 3.8) is 0 Å². The molecule has 6 nitrogen and oxygen atoms in total. The van der Waals surface area contributed by atoms with Crippen LogP contribution in [0.5, 0.6) is 5.75 Å². The molecule has 0 radical (unpaired) electrons. The van der Waals surface area contributed by atoms with Gasteiger partial charge in [0.05, 0.1) is 12.7 Å². The van der Waals surface area contributed by atoms with E-state index in [1.165, 1.54) is 37.5 Å². The van der Waals surface area contributed by atoms with Crippen LogP contribution in [0.25, 0.3) is 6.08 Å². The number of hydrogen-bond donors (Lipinski definition) is 1. The Balaban J connectivity index is 2.24. The van der Waals surface area contributed by atoms with Crippen LogP contribution in [0.2, 0.25) is 5.02 Å². The number of carbonyl (C=O) groups is 2. The van der Waals surface area contributed by atoms with Crippen LogP contribution in [0.3, 0.4) is 0 Å². The summed E-state index contributed by atoms with van der Waals surface area (Å²) in [6.07, 6.45) is 6.55. The topological polar surface area (TPSA) is 88.4 Å². The van der Waals surface area contributed by atoms with Crippen LogP contribution in [-0.4, -0.2) is 25.6 Å². The van der Waals surface area contributed by atoms with Gasteiger partial charge < -0.3 is 14.8 Å². The van der Waals surface area contributed by atoms with E-state index in [2.05, 4.69) is 16.0 Å². The molecule has 1 N–H and O–H groups in total. The zero-order valence-corrected chi connectivity index (χ0v) is 15.6. The number of rotatable bonds is 6. The van der Waals surface area contributed by atoms with Gasteiger partial charge in [-0.05, 0) is 48.5 Å². The monoisotopic (exact) mass is 394 g/mol. The number of anilines is 1. The van der Waals surface area contributed by atoms with E-state index in [1.54, 1.807) is 18.2 Å². The van der Waals surface area contributed by atoms with Crippen molar-refractivity contribution in [2.45, 2.75) is 0 Å². The first-order chi connectivity index (χ1) is 13.5. The molecular formula is C21H15ClN2O4. The van der Waals surface area contributed by atoms with E-state index in [9.17, 15) is 14.9 Å². The predicted molar refractivity (Wildman–Crippen MR) is 106 cm³/mol. The number of benzene rings is 2. The molecule has 0 aliphatic rings. The Bertz CT molecular complexity index is 999. The minimum atomic E-state index is -0.629. The number of esters is 1. The molecule has 0 atom stereocenters. The minimum absolute atomic E-state index is 0.0309. The Morgan fingerprint density at radius 1 is 1.25 bits per heavy atom. The van der Waals surface area contributed by atoms with Crippen molar-refractivity contribution in [3.05, 3.63) is 64.2 Å². The highest BCUT2D eigenvalue weighted by Crippen LogP contribution is 2.25. The number of halogens is 1. The summed E-state index contributed by atoms with van der Waals surface area (Å²) in [6.45, 7) is 0.0309. The van der Waals surface area contributed by atoms with Gasteiger partial charge in [-0.15, -0.1) is 6.42 Å². The molecule has 0 fully saturated rings. The fourth-order valence-corrected chi connectivity index (χ4v) is 2.37. The van der Waals surface area contributed by atoms with E-state index in [0.717, 1.165) is 0 Å². The molecule has 0 aromatic heterocycles. The molecule has 0 bridgehead atoms. The third-order valence-corrected chi connectivity index (χ3v) is 3.75. The van der Waals surface area contributed by atoms with Crippen molar-refractivity contribution in [2.24, 2.45) is 0 Å². The molecule has 0 saturated carbocycles. The molecule has 0 heterocycles. The van der Waals surface area contributed by atoms with Crippen LogP contribution >= 0.6 is 11.6 Å². The lowest BCUT2D eigenvalue weighted by molar-refractivity contribution is -0.112. The molecule has 0 aliphatic carbocycles. The molecule has 0 unspecified atom stereocenters. The summed E-state index contributed by atoms with van der Waals surface area (Å²) in [4.78, 5) is 23.9. The van der Waals surface area contributed by atoms with Crippen molar-refractivity contribution in [1.29, 1.82) is 5.26 Å². The second kappa shape index (κ2) is 9.82. The van der Waals surface area contributed by atoms with Gasteiger partial charge in [0.15, 0.2) is 0 Å². The fraction of sp³-hybridized carbons (Fsp3) is 0.0952. The van der Waals surface area contributed by atoms with Crippen LogP contribution in [-0.2, 0) is 9.53 Å². The van der Waals surface area contributed by atoms with Gasteiger partial charge in [-0.25, -0.2) is 4.79 Å². The van der Waals surface area contributed by atoms with Gasteiger partial charge >= 0.3 is 5.97 Å². The van der Waals surface area contributed by atoms with Gasteiger partial charge in [-0.1, -0.05) is 17.5 Å². The normalized spacial score (nSPS) is 10.4. The number of amides is 1. The summed E-state index contributed by atoms with van der Waals surface area (Å²) in [5.41, 5.74) is 1.03. The number of hydrogen-bond acceptors (Lipinski definition) is 5. The van der Waals surface area contributed by atoms with Gasteiger partial charge in [0.2, 0.25) is 0 Å². The van der Waals surface area contributed by atoms with E-state index in [4.69, 9.17) is 22.8 Å². The molecule has 1 amide bonds. The summed E-state index contributed by atoms with van der Waals surface area (Å²) in [5, 5.41) is 12.4. The second-order valence-corrected chi connectivity index (χ2v) is 5.80. The number of ether oxygens (including phenoxy) is 2. The highest BCUT2D eigenvalue weighted by atomic mass is 35.5. The molecule has 140 valence electrons. The average Bonchev–Trinajstić information content (AvgIpc) is 2.71. The average molecular weight is 395 g/mol. The zero-order valence-electron chi connectivity index (χ0n) is 14.9. The van der Waals surface area contributed by atoms with Crippen LogP contribution < -0.4 is 10.1 Å². The summed E-state index contributed by atoms with van der Waals surface area (Å²) >= 11 is 5.99. The van der Waals surface area contributed by atoms with E-state index in [0.29, 0.717) is 27.6 Å². The number of carbonyl (C=O) groups excluding carboxylic acids is 2. The Hall–Kier alpha value is -3.74. The minimum Gasteiger partial charge on any atom is -0.480 e. The van der Waals surface area contributed by atoms with Gasteiger partial charge in [0.25, 0.3) is 5.91 Å². The Labute approximate surface area is 167 Å². The highest BCUT2D eigenvalue weighted by molar-refractivity contribution is 6.30. The number of terminal acetylenes is 1. The van der Waals surface area contributed by atoms with Crippen LogP contribution in [0.1, 0.15) is 15.9 Å². The predicted octanol–water partition coefficient (Wildman–Crippen LogP) is 3.68. The van der Waals surface area contributed by atoms with Crippen molar-refractivity contribution < 1.29 is 19.1 Å². The summed E-state index contributed by atoms with van der Waals surface area (Å²) in [5.74, 6) is 1.62. The first-order valence-electron chi connectivity index (χ1n) is 7.95. The fourth-order valence-electron chi connectivity index (χ4n) is 2.19. The van der Waals surface area contributed by atoms with Crippen molar-refractivity contribution >= 4 is 35.2 Å². The van der Waals surface area contributed by atoms with Gasteiger partial charge in [-0.3, -0.25) is 4.79 Å². The smallest absolute Gasteiger partial charge is 0.337 e. The Morgan fingerprint density at radius 3 is 2.57 bits per heavy atom. The molecule has 28 heavy (non-hydrogen) atoms. The first kappa shape index (κ1) is 20.6. The number of nitriles is 1. The summed E-state index contributed by atoms with van der Waals surface area (Å²) in [6, 6.07) is 12.7. The molecule has 2 rings (SSSR count). The van der Waals surface area contributed by atoms with E-state index in [-0.39, 0.29) is 12.2 Å². The molecule has 2 aromatic rings. The van der Waals surface area contributed by atoms with Crippen molar-refractivity contribution in [3.8, 4) is 24.2 Å². The van der Waals surface area contributed by atoms with Crippen molar-refractivity contribution in [2.75, 3.05) is 19.0 Å². The lowest BCUT2D eigenvalue weighted by atomic mass is 10.1. The maximum absolute atomic E-state index is 12.4. The van der Waals surface area contributed by atoms with Crippen LogP contribution in [0.15, 0.2) is 48.0 Å². The third-order valence-electron chi connectivity index (χ3n) is 3.51. The van der Waals surface area contributed by atoms with Gasteiger partial charge in [0, 0.05) is 16.3 Å². The summed E-state index contributed by atoms with van der Waals surface area (Å²) in [7, 11) is 1.28. The van der Waals surface area contributed by atoms with E-state index < -0.39 is 11.9 Å². The molecule has 0 spiro atoms. The lowest BCUT2D eigenvalue weighted by Gasteiger charge is -2.08. The maximum atomic E-state index is 12.4. The lowest BCUT2D eigenvalue weighted by Crippen LogP contribution is -2.13. The van der Waals surface area contributed by atoms with Gasteiger partial charge in [-0.2, -0.15) is 5.26 Å². The molecule has 0 saturated heterocycles. The number of nitrogens with zero attached hydrogens (tertiary/aromatic N) is 1. The van der Waals surface area contributed by atoms with Gasteiger partial charge in [0.1, 0.15) is 24.0 Å². The summed E-state index contributed by atoms with van der Waals surface area (Å²) < 4.78 is 10.0. The SMILES string of the molecule is C#CCOc1ccc(Cl)cc1/C=C(\C#N)C(=O)Nc1ccc(C(=O)OC)cc1. The quantitative estimate of drug-likeness (QED) is 0.349. The van der Waals surface area contributed by atoms with Crippen LogP contribution in [0.4, 0.5) is 5.69 Å². The Morgan fingerprint density at radius 2 is 1.96 bits per heavy atom. The zero-order chi connectivity index (χ0) is 20.5. The number of methoxy groups -OCH3 is 1. The van der Waals surface area contributed by atoms with E-state index in [1.807, 2.05) is 6.07 Å². The van der Waals surface area contributed by atoms with Crippen molar-refractivity contribution in [1.82, 2.24) is 0 Å². The Kier molecular flexibility index (Phi) is 7.21. The van der Waals surface area contributed by atoms with E-state index >= 15 is 0 Å². The molecule has 2 aromatic carbocycles. The highest BCUT2D eigenvalue weighted by Gasteiger charge is 2.13. The third kappa shape index (κ3) is 5.38. The first-order valence-corrected chi connectivity index (χ1v) is 8.33. The van der Waals surface area contributed by atoms with Crippen LogP contribution in [0, 0.1) is 23.7 Å². The standard InChI is InChI=1S/C21H15ClN2O4/c1-3-10-28-19-9-6-17(22)12-15(19)11-16(13-23)20(25)24-18-7-4-14(5-8-18)21(26)27-2/h1,4-9,11-12H,10H2,2H3,(H,24,25)/b16-11+. The largest absolute Gasteiger partial charge is 0.480 e. The second-order valence-electron chi connectivity index (χ2n) is 5.37. The molecule has 7 heteroatoms. The molecule has 0 aliphatic heterocycles. The number of nitrogens with one attached hydrogen (secondary N) is 1. The maximum Gasteiger partial charge on any atom is 0.337 e.